The van der Waals surface area contributed by atoms with Gasteiger partial charge in [-0.25, -0.2) is 0 Å². The molecule has 17 heavy (non-hydrogen) atoms. The standard InChI is InChI=1S/C13H22N2O2/c1-5-10-12(17)15(8(2)11(16)14-10)13(3,4)9-6-7-9/h8-10H,5-7H2,1-4H3,(H,14,16). The maximum Gasteiger partial charge on any atom is 0.246 e. The van der Waals surface area contributed by atoms with E-state index in [1.165, 1.54) is 12.8 Å². The van der Waals surface area contributed by atoms with Crippen LogP contribution in [0.25, 0.3) is 0 Å². The maximum absolute atomic E-state index is 12.4. The Labute approximate surface area is 103 Å². The molecule has 2 aliphatic rings. The minimum Gasteiger partial charge on any atom is -0.343 e. The number of rotatable bonds is 3. The average Bonchev–Trinajstić information content (AvgIpc) is 3.07. The van der Waals surface area contributed by atoms with Crippen molar-refractivity contribution < 1.29 is 9.59 Å². The number of hydrogen-bond donors (Lipinski definition) is 1. The predicted molar refractivity (Wildman–Crippen MR) is 65.3 cm³/mol. The Morgan fingerprint density at radius 2 is 1.94 bits per heavy atom. The molecule has 1 heterocycles. The van der Waals surface area contributed by atoms with E-state index in [-0.39, 0.29) is 29.4 Å². The number of nitrogens with zero attached hydrogens (tertiary/aromatic N) is 1. The molecule has 1 aliphatic carbocycles. The summed E-state index contributed by atoms with van der Waals surface area (Å²) < 4.78 is 0. The van der Waals surface area contributed by atoms with Crippen LogP contribution in [-0.4, -0.2) is 34.3 Å². The molecular formula is C13H22N2O2. The van der Waals surface area contributed by atoms with Crippen molar-refractivity contribution in [3.63, 3.8) is 0 Å². The van der Waals surface area contributed by atoms with Crippen molar-refractivity contribution in [2.45, 2.75) is 64.6 Å². The first-order valence-corrected chi connectivity index (χ1v) is 6.53. The molecule has 1 saturated carbocycles. The van der Waals surface area contributed by atoms with Gasteiger partial charge in [-0.2, -0.15) is 0 Å². The van der Waals surface area contributed by atoms with Gasteiger partial charge in [-0.05, 0) is 46.0 Å². The zero-order valence-corrected chi connectivity index (χ0v) is 11.1. The number of nitrogens with one attached hydrogen (secondary N) is 1. The fourth-order valence-corrected chi connectivity index (χ4v) is 2.88. The molecule has 1 saturated heterocycles. The van der Waals surface area contributed by atoms with Gasteiger partial charge in [0.25, 0.3) is 0 Å². The molecule has 1 aliphatic heterocycles. The first kappa shape index (κ1) is 12.4. The van der Waals surface area contributed by atoms with Crippen molar-refractivity contribution in [3.05, 3.63) is 0 Å². The van der Waals surface area contributed by atoms with Crippen molar-refractivity contribution in [2.24, 2.45) is 5.92 Å². The van der Waals surface area contributed by atoms with E-state index in [0.717, 1.165) is 0 Å². The number of piperazine rings is 1. The number of hydrogen-bond acceptors (Lipinski definition) is 2. The van der Waals surface area contributed by atoms with Crippen molar-refractivity contribution in [3.8, 4) is 0 Å². The SMILES string of the molecule is CCC1NC(=O)C(C)N(C(C)(C)C2CC2)C1=O. The molecule has 0 bridgehead atoms. The topological polar surface area (TPSA) is 49.4 Å². The van der Waals surface area contributed by atoms with E-state index >= 15 is 0 Å². The number of carbonyl (C=O) groups is 2. The lowest BCUT2D eigenvalue weighted by Gasteiger charge is -2.47. The molecule has 4 heteroatoms. The third kappa shape index (κ3) is 1.94. The first-order valence-electron chi connectivity index (χ1n) is 6.53. The molecule has 96 valence electrons. The van der Waals surface area contributed by atoms with Crippen LogP contribution < -0.4 is 5.32 Å². The molecule has 0 aromatic carbocycles. The highest BCUT2D eigenvalue weighted by atomic mass is 16.2. The summed E-state index contributed by atoms with van der Waals surface area (Å²) in [4.78, 5) is 26.1. The average molecular weight is 238 g/mol. The third-order valence-corrected chi connectivity index (χ3v) is 4.22. The molecule has 2 amide bonds. The van der Waals surface area contributed by atoms with Crippen molar-refractivity contribution in [1.29, 1.82) is 0 Å². The quantitative estimate of drug-likeness (QED) is 0.805. The maximum atomic E-state index is 12.4. The van der Waals surface area contributed by atoms with Crippen LogP contribution in [0.3, 0.4) is 0 Å². The monoisotopic (exact) mass is 238 g/mol. The van der Waals surface area contributed by atoms with Crippen LogP contribution in [0.1, 0.15) is 47.0 Å². The highest BCUT2D eigenvalue weighted by Gasteiger charge is 2.50. The Hall–Kier alpha value is -1.06. The molecule has 2 fully saturated rings. The van der Waals surface area contributed by atoms with Crippen LogP contribution in [0.15, 0.2) is 0 Å². The van der Waals surface area contributed by atoms with Crippen LogP contribution in [-0.2, 0) is 9.59 Å². The molecule has 2 atom stereocenters. The smallest absolute Gasteiger partial charge is 0.246 e. The number of amides is 2. The van der Waals surface area contributed by atoms with Gasteiger partial charge in [0.15, 0.2) is 0 Å². The van der Waals surface area contributed by atoms with Gasteiger partial charge in [0.1, 0.15) is 12.1 Å². The minimum atomic E-state index is -0.346. The lowest BCUT2D eigenvalue weighted by atomic mass is 9.91. The molecule has 1 N–H and O–H groups in total. The van der Waals surface area contributed by atoms with Crippen molar-refractivity contribution in [2.75, 3.05) is 0 Å². The Bertz CT molecular complexity index is 347. The van der Waals surface area contributed by atoms with E-state index in [2.05, 4.69) is 19.2 Å². The summed E-state index contributed by atoms with van der Waals surface area (Å²) in [5.74, 6) is 0.610. The predicted octanol–water partition coefficient (Wildman–Crippen LogP) is 1.30. The molecule has 0 radical (unpaired) electrons. The molecule has 0 spiro atoms. The van der Waals surface area contributed by atoms with E-state index in [1.807, 2.05) is 18.7 Å². The second-order valence-corrected chi connectivity index (χ2v) is 5.78. The van der Waals surface area contributed by atoms with Gasteiger partial charge in [-0.1, -0.05) is 6.92 Å². The Morgan fingerprint density at radius 3 is 2.41 bits per heavy atom. The van der Waals surface area contributed by atoms with Crippen molar-refractivity contribution in [1.82, 2.24) is 10.2 Å². The van der Waals surface area contributed by atoms with Gasteiger partial charge >= 0.3 is 0 Å². The second kappa shape index (κ2) is 4.00. The van der Waals surface area contributed by atoms with E-state index in [4.69, 9.17) is 0 Å². The highest BCUT2D eigenvalue weighted by molar-refractivity contribution is 5.97. The molecule has 2 rings (SSSR count). The number of carbonyl (C=O) groups excluding carboxylic acids is 2. The van der Waals surface area contributed by atoms with Gasteiger partial charge in [-0.15, -0.1) is 0 Å². The highest BCUT2D eigenvalue weighted by Crippen LogP contribution is 2.44. The molecule has 4 nitrogen and oxygen atoms in total. The van der Waals surface area contributed by atoms with Crippen LogP contribution in [0, 0.1) is 5.92 Å². The first-order chi connectivity index (χ1) is 7.89. The summed E-state index contributed by atoms with van der Waals surface area (Å²) >= 11 is 0. The summed E-state index contributed by atoms with van der Waals surface area (Å²) in [5.41, 5.74) is -0.193. The van der Waals surface area contributed by atoms with Gasteiger partial charge in [0.05, 0.1) is 0 Å². The van der Waals surface area contributed by atoms with Gasteiger partial charge in [0.2, 0.25) is 11.8 Å². The summed E-state index contributed by atoms with van der Waals surface area (Å²) in [6.45, 7) is 7.93. The van der Waals surface area contributed by atoms with Gasteiger partial charge in [0, 0.05) is 5.54 Å². The van der Waals surface area contributed by atoms with Crippen LogP contribution >= 0.6 is 0 Å². The molecular weight excluding hydrogens is 216 g/mol. The fourth-order valence-electron chi connectivity index (χ4n) is 2.88. The summed E-state index contributed by atoms with van der Waals surface area (Å²) in [6.07, 6.45) is 3.00. The summed E-state index contributed by atoms with van der Waals surface area (Å²) in [7, 11) is 0. The van der Waals surface area contributed by atoms with E-state index < -0.39 is 0 Å². The Kier molecular flexibility index (Phi) is 2.92. The van der Waals surface area contributed by atoms with Gasteiger partial charge < -0.3 is 10.2 Å². The Morgan fingerprint density at radius 1 is 1.35 bits per heavy atom. The van der Waals surface area contributed by atoms with Crippen LogP contribution in [0.5, 0.6) is 0 Å². The third-order valence-electron chi connectivity index (χ3n) is 4.22. The fraction of sp³-hybridized carbons (Fsp3) is 0.846. The van der Waals surface area contributed by atoms with Gasteiger partial charge in [-0.3, -0.25) is 9.59 Å². The lowest BCUT2D eigenvalue weighted by molar-refractivity contribution is -0.156. The zero-order valence-electron chi connectivity index (χ0n) is 11.1. The minimum absolute atomic E-state index is 0.0230. The van der Waals surface area contributed by atoms with E-state index in [0.29, 0.717) is 12.3 Å². The largest absolute Gasteiger partial charge is 0.343 e. The summed E-state index contributed by atoms with van der Waals surface area (Å²) in [5, 5.41) is 2.80. The normalized spacial score (nSPS) is 30.5. The zero-order chi connectivity index (χ0) is 12.8. The molecule has 0 aromatic heterocycles. The van der Waals surface area contributed by atoms with E-state index in [1.54, 1.807) is 0 Å². The molecule has 2 unspecified atom stereocenters. The summed E-state index contributed by atoms with van der Waals surface area (Å²) in [6, 6.07) is -0.683. The lowest BCUT2D eigenvalue weighted by Crippen LogP contribution is -2.67. The van der Waals surface area contributed by atoms with Crippen molar-refractivity contribution >= 4 is 11.8 Å². The van der Waals surface area contributed by atoms with Crippen LogP contribution in [0.2, 0.25) is 0 Å². The molecule has 0 aromatic rings. The van der Waals surface area contributed by atoms with Crippen LogP contribution in [0.4, 0.5) is 0 Å². The second-order valence-electron chi connectivity index (χ2n) is 5.78. The van der Waals surface area contributed by atoms with E-state index in [9.17, 15) is 9.59 Å². The Balaban J connectivity index is 2.28.